The fraction of sp³-hybridized carbons (Fsp3) is 0.571. The lowest BCUT2D eigenvalue weighted by Gasteiger charge is -2.55. The molecule has 26 heavy (non-hydrogen) atoms. The third kappa shape index (κ3) is 2.65. The third-order valence-electron chi connectivity index (χ3n) is 6.63. The first-order valence-corrected chi connectivity index (χ1v) is 9.73. The van der Waals surface area contributed by atoms with Crippen LogP contribution in [0.2, 0.25) is 0 Å². The fourth-order valence-electron chi connectivity index (χ4n) is 6.11. The van der Waals surface area contributed by atoms with Crippen LogP contribution in [0.25, 0.3) is 11.5 Å². The minimum absolute atomic E-state index is 0.0900. The number of nitrogens with zero attached hydrogens (tertiary/aromatic N) is 2. The molecule has 1 N–H and O–H groups in total. The second-order valence-corrected chi connectivity index (χ2v) is 8.94. The molecule has 4 fully saturated rings. The average molecular weight is 351 g/mol. The van der Waals surface area contributed by atoms with Crippen molar-refractivity contribution in [3.05, 3.63) is 29.3 Å². The molecule has 4 aliphatic rings. The first kappa shape index (κ1) is 16.0. The number of carbonyl (C=O) groups excluding carboxylic acids is 1. The van der Waals surface area contributed by atoms with E-state index < -0.39 is 0 Å². The lowest BCUT2D eigenvalue weighted by atomic mass is 9.49. The minimum atomic E-state index is -0.205. The number of hydrogen-bond acceptors (Lipinski definition) is 4. The van der Waals surface area contributed by atoms with Crippen molar-refractivity contribution in [1.82, 2.24) is 10.2 Å². The van der Waals surface area contributed by atoms with E-state index in [0.717, 1.165) is 53.7 Å². The van der Waals surface area contributed by atoms with E-state index in [4.69, 9.17) is 4.42 Å². The van der Waals surface area contributed by atoms with Crippen molar-refractivity contribution in [3.63, 3.8) is 0 Å². The van der Waals surface area contributed by atoms with Gasteiger partial charge in [0.2, 0.25) is 11.8 Å². The van der Waals surface area contributed by atoms with E-state index in [1.54, 1.807) is 0 Å². The predicted octanol–water partition coefficient (Wildman–Crippen LogP) is 4.51. The van der Waals surface area contributed by atoms with Crippen molar-refractivity contribution in [2.45, 2.75) is 52.4 Å². The number of anilines is 1. The number of hydrogen-bond donors (Lipinski definition) is 1. The lowest BCUT2D eigenvalue weighted by molar-refractivity contribution is -0.140. The van der Waals surface area contributed by atoms with Crippen molar-refractivity contribution in [2.24, 2.45) is 23.2 Å². The molecular weight excluding hydrogens is 326 g/mol. The molecule has 0 unspecified atom stereocenters. The summed E-state index contributed by atoms with van der Waals surface area (Å²) in [6.45, 7) is 4.09. The normalized spacial score (nSPS) is 32.0. The number of aryl methyl sites for hydroxylation is 2. The van der Waals surface area contributed by atoms with Gasteiger partial charge in [-0.15, -0.1) is 5.10 Å². The van der Waals surface area contributed by atoms with Crippen LogP contribution in [0.3, 0.4) is 0 Å². The summed E-state index contributed by atoms with van der Waals surface area (Å²) in [7, 11) is 0. The monoisotopic (exact) mass is 351 g/mol. The van der Waals surface area contributed by atoms with E-state index in [9.17, 15) is 4.79 Å². The highest BCUT2D eigenvalue weighted by molar-refractivity contribution is 5.94. The van der Waals surface area contributed by atoms with Crippen LogP contribution < -0.4 is 5.32 Å². The number of aromatic nitrogens is 2. The van der Waals surface area contributed by atoms with Gasteiger partial charge in [0.15, 0.2) is 0 Å². The maximum Gasteiger partial charge on any atom is 0.322 e. The lowest BCUT2D eigenvalue weighted by Crippen LogP contribution is -2.51. The number of nitrogens with one attached hydrogen (secondary N) is 1. The highest BCUT2D eigenvalue weighted by Gasteiger charge is 2.54. The van der Waals surface area contributed by atoms with E-state index >= 15 is 0 Å². The molecule has 4 saturated carbocycles. The zero-order valence-electron chi connectivity index (χ0n) is 15.4. The Hall–Kier alpha value is -2.17. The van der Waals surface area contributed by atoms with Gasteiger partial charge in [-0.3, -0.25) is 10.1 Å². The van der Waals surface area contributed by atoms with Crippen LogP contribution >= 0.6 is 0 Å². The number of carbonyl (C=O) groups is 1. The molecule has 5 heteroatoms. The summed E-state index contributed by atoms with van der Waals surface area (Å²) in [6, 6.07) is 6.37. The second-order valence-electron chi connectivity index (χ2n) is 8.94. The molecule has 1 amide bonds. The zero-order valence-corrected chi connectivity index (χ0v) is 15.4. The molecule has 0 spiro atoms. The molecule has 4 bridgehead atoms. The van der Waals surface area contributed by atoms with Crippen LogP contribution in [0, 0.1) is 37.0 Å². The smallest absolute Gasteiger partial charge is 0.322 e. The molecular formula is C21H25N3O2. The molecule has 6 rings (SSSR count). The Kier molecular flexibility index (Phi) is 3.49. The van der Waals surface area contributed by atoms with Gasteiger partial charge in [0, 0.05) is 5.56 Å². The maximum absolute atomic E-state index is 13.1. The standard InChI is InChI=1S/C21H25N3O2/c1-12-3-13(2)5-17(4-12)18-23-24-20(26-18)22-19(25)21-9-14-6-15(10-21)8-16(7-14)11-21/h3-5,14-16H,6-11H2,1-2H3,(H,22,24,25). The van der Waals surface area contributed by atoms with Gasteiger partial charge < -0.3 is 4.42 Å². The molecule has 0 atom stereocenters. The summed E-state index contributed by atoms with van der Waals surface area (Å²) in [5, 5.41) is 11.1. The summed E-state index contributed by atoms with van der Waals surface area (Å²) in [5.41, 5.74) is 2.99. The summed E-state index contributed by atoms with van der Waals surface area (Å²) in [5.74, 6) is 2.76. The molecule has 1 aromatic carbocycles. The predicted molar refractivity (Wildman–Crippen MR) is 98.4 cm³/mol. The molecule has 1 heterocycles. The Bertz CT molecular complexity index is 814. The van der Waals surface area contributed by atoms with Gasteiger partial charge in [0.05, 0.1) is 5.41 Å². The van der Waals surface area contributed by atoms with E-state index in [-0.39, 0.29) is 17.3 Å². The number of amides is 1. The molecule has 136 valence electrons. The van der Waals surface area contributed by atoms with Crippen LogP contribution in [0.1, 0.15) is 49.7 Å². The van der Waals surface area contributed by atoms with Crippen molar-refractivity contribution >= 4 is 11.9 Å². The minimum Gasteiger partial charge on any atom is -0.403 e. The van der Waals surface area contributed by atoms with E-state index in [1.807, 2.05) is 26.0 Å². The largest absolute Gasteiger partial charge is 0.403 e. The van der Waals surface area contributed by atoms with Crippen molar-refractivity contribution in [3.8, 4) is 11.5 Å². The molecule has 2 aromatic rings. The van der Waals surface area contributed by atoms with Gasteiger partial charge in [-0.05, 0) is 82.3 Å². The Balaban J connectivity index is 1.36. The van der Waals surface area contributed by atoms with Gasteiger partial charge in [-0.2, -0.15) is 0 Å². The maximum atomic E-state index is 13.1. The summed E-state index contributed by atoms with van der Waals surface area (Å²) >= 11 is 0. The molecule has 0 aliphatic heterocycles. The topological polar surface area (TPSA) is 68.0 Å². The molecule has 1 aromatic heterocycles. The molecule has 0 radical (unpaired) electrons. The van der Waals surface area contributed by atoms with Crippen LogP contribution in [-0.2, 0) is 4.79 Å². The second kappa shape index (κ2) is 5.66. The Labute approximate surface area is 153 Å². The Morgan fingerprint density at radius 3 is 2.15 bits per heavy atom. The summed E-state index contributed by atoms with van der Waals surface area (Å²) in [4.78, 5) is 13.1. The number of rotatable bonds is 3. The van der Waals surface area contributed by atoms with E-state index in [0.29, 0.717) is 5.89 Å². The quantitative estimate of drug-likeness (QED) is 0.883. The Morgan fingerprint density at radius 2 is 1.58 bits per heavy atom. The highest BCUT2D eigenvalue weighted by atomic mass is 16.4. The molecule has 0 saturated heterocycles. The van der Waals surface area contributed by atoms with Crippen molar-refractivity contribution < 1.29 is 9.21 Å². The van der Waals surface area contributed by atoms with Gasteiger partial charge in [0.25, 0.3) is 0 Å². The van der Waals surface area contributed by atoms with Crippen molar-refractivity contribution in [1.29, 1.82) is 0 Å². The summed E-state index contributed by atoms with van der Waals surface area (Å²) in [6.07, 6.45) is 7.06. The van der Waals surface area contributed by atoms with Crippen LogP contribution in [0.15, 0.2) is 22.6 Å². The van der Waals surface area contributed by atoms with Crippen LogP contribution in [-0.4, -0.2) is 16.1 Å². The molecule has 5 nitrogen and oxygen atoms in total. The van der Waals surface area contributed by atoms with Gasteiger partial charge in [-0.25, -0.2) is 0 Å². The van der Waals surface area contributed by atoms with Crippen LogP contribution in [0.4, 0.5) is 6.01 Å². The number of benzene rings is 1. The summed E-state index contributed by atoms with van der Waals surface area (Å²) < 4.78 is 5.76. The third-order valence-corrected chi connectivity index (χ3v) is 6.63. The van der Waals surface area contributed by atoms with Crippen molar-refractivity contribution in [2.75, 3.05) is 5.32 Å². The zero-order chi connectivity index (χ0) is 17.9. The van der Waals surface area contributed by atoms with E-state index in [2.05, 4.69) is 21.6 Å². The first-order valence-electron chi connectivity index (χ1n) is 9.73. The van der Waals surface area contributed by atoms with Crippen LogP contribution in [0.5, 0.6) is 0 Å². The highest BCUT2D eigenvalue weighted by Crippen LogP contribution is 2.60. The van der Waals surface area contributed by atoms with Gasteiger partial charge >= 0.3 is 6.01 Å². The first-order chi connectivity index (χ1) is 12.5. The van der Waals surface area contributed by atoms with Gasteiger partial charge in [0.1, 0.15) is 0 Å². The SMILES string of the molecule is Cc1cc(C)cc(-c2nnc(NC(=O)C34CC5CC(CC(C5)C3)C4)o2)c1. The average Bonchev–Trinajstić information content (AvgIpc) is 3.01. The van der Waals surface area contributed by atoms with E-state index in [1.165, 1.54) is 19.3 Å². The molecule has 4 aliphatic carbocycles. The fourth-order valence-corrected chi connectivity index (χ4v) is 6.11. The van der Waals surface area contributed by atoms with Gasteiger partial charge in [-0.1, -0.05) is 22.3 Å². The Morgan fingerprint density at radius 1 is 1.00 bits per heavy atom.